The first-order valence-electron chi connectivity index (χ1n) is 1.10. The molecule has 0 aliphatic heterocycles. The van der Waals surface area contributed by atoms with Crippen LogP contribution in [0.4, 0.5) is 0 Å². The molecule has 0 aromatic rings. The minimum atomic E-state index is -0.757. The lowest BCUT2D eigenvalue weighted by Gasteiger charge is -1.65. The molecular weight excluding hydrogens is 105 g/mol. The predicted molar refractivity (Wildman–Crippen MR) is 20.7 cm³/mol. The average Bonchev–Trinajstić information content (AvgIpc) is 1.35. The highest BCUT2D eigenvalue weighted by Crippen LogP contribution is 1.73. The van der Waals surface area contributed by atoms with Crippen molar-refractivity contribution in [2.24, 2.45) is 0 Å². The molecule has 4 heteroatoms. The maximum Gasteiger partial charge on any atom is 0.358 e. The van der Waals surface area contributed by atoms with Crippen molar-refractivity contribution < 1.29 is 4.92 Å². The highest BCUT2D eigenvalue weighted by atomic mass is 35.5. The Morgan fingerprint density at radius 2 is 2.50 bits per heavy atom. The number of hydrogen-bond acceptors (Lipinski definition) is 2. The average molecular weight is 106 g/mol. The van der Waals surface area contributed by atoms with Gasteiger partial charge in [-0.3, -0.25) is 10.1 Å². The van der Waals surface area contributed by atoms with Gasteiger partial charge in [0, 0.05) is 0 Å². The van der Waals surface area contributed by atoms with Crippen molar-refractivity contribution in [1.82, 2.24) is 0 Å². The van der Waals surface area contributed by atoms with E-state index in [0.717, 1.165) is 5.54 Å². The lowest BCUT2D eigenvalue weighted by atomic mass is 11.1. The van der Waals surface area contributed by atoms with Crippen molar-refractivity contribution in [3.05, 3.63) is 21.8 Å². The first kappa shape index (κ1) is 5.43. The van der Waals surface area contributed by atoms with E-state index >= 15 is 0 Å². The van der Waals surface area contributed by atoms with Gasteiger partial charge in [0.1, 0.15) is 0 Å². The minimum Gasteiger partial charge on any atom is -0.258 e. The maximum absolute atomic E-state index is 9.18. The lowest BCUT2D eigenvalue weighted by Crippen LogP contribution is -1.80. The second kappa shape index (κ2) is 2.66. The number of hydrogen-bond donors (Lipinski definition) is 0. The molecule has 0 atom stereocenters. The summed E-state index contributed by atoms with van der Waals surface area (Å²) in [6.07, 6.45) is 1.57. The Balaban J connectivity index is 3.30. The Morgan fingerprint density at radius 3 is 2.50 bits per heavy atom. The monoisotopic (exact) mass is 106 g/mol. The van der Waals surface area contributed by atoms with Crippen LogP contribution in [0.15, 0.2) is 5.54 Å². The van der Waals surface area contributed by atoms with Crippen LogP contribution in [0.1, 0.15) is 0 Å². The van der Waals surface area contributed by atoms with Crippen LogP contribution in [0, 0.1) is 16.3 Å². The fourth-order valence-corrected chi connectivity index (χ4v) is 0.120. The van der Waals surface area contributed by atoms with Crippen molar-refractivity contribution in [2.75, 3.05) is 0 Å². The van der Waals surface area contributed by atoms with Crippen LogP contribution in [0.25, 0.3) is 0 Å². The molecule has 0 saturated carbocycles. The molecule has 0 aromatic heterocycles. The Labute approximate surface area is 39.4 Å². The van der Waals surface area contributed by atoms with Crippen LogP contribution in [0.5, 0.6) is 0 Å². The SMILES string of the molecule is O=[N+]([O-])/[C]=C/Cl. The van der Waals surface area contributed by atoms with Crippen molar-refractivity contribution >= 4 is 11.6 Å². The van der Waals surface area contributed by atoms with Gasteiger partial charge in [-0.1, -0.05) is 11.6 Å². The molecule has 0 aliphatic carbocycles. The summed E-state index contributed by atoms with van der Waals surface area (Å²) in [5, 5.41) is 9.18. The predicted octanol–water partition coefficient (Wildman–Crippen LogP) is 0.776. The third kappa shape index (κ3) is 3.43. The maximum atomic E-state index is 9.18. The molecule has 0 rings (SSSR count). The van der Waals surface area contributed by atoms with Crippen LogP contribution in [-0.4, -0.2) is 4.92 Å². The van der Waals surface area contributed by atoms with E-state index in [2.05, 4.69) is 0 Å². The highest BCUT2D eigenvalue weighted by Gasteiger charge is 1.80. The normalized spacial score (nSPS) is 9.50. The Bertz CT molecular complexity index is 79.6. The summed E-state index contributed by atoms with van der Waals surface area (Å²) in [4.78, 5) is 8.42. The van der Waals surface area contributed by atoms with Crippen molar-refractivity contribution in [2.45, 2.75) is 0 Å². The third-order valence-electron chi connectivity index (χ3n) is 0.154. The summed E-state index contributed by atoms with van der Waals surface area (Å²) in [5.74, 6) is 0. The van der Waals surface area contributed by atoms with Crippen LogP contribution in [0.3, 0.4) is 0 Å². The van der Waals surface area contributed by atoms with E-state index in [1.807, 2.05) is 0 Å². The van der Waals surface area contributed by atoms with Crippen molar-refractivity contribution in [3.8, 4) is 0 Å². The summed E-state index contributed by atoms with van der Waals surface area (Å²) in [5.41, 5.74) is 0.722. The summed E-state index contributed by atoms with van der Waals surface area (Å²) < 4.78 is 0. The Hall–Kier alpha value is -0.570. The van der Waals surface area contributed by atoms with Gasteiger partial charge in [-0.05, 0) is 0 Å². The molecule has 3 nitrogen and oxygen atoms in total. The molecule has 6 heavy (non-hydrogen) atoms. The minimum absolute atomic E-state index is 0.722. The smallest absolute Gasteiger partial charge is 0.258 e. The molecule has 33 valence electrons. The molecule has 0 fully saturated rings. The molecule has 1 radical (unpaired) electrons. The highest BCUT2D eigenvalue weighted by molar-refractivity contribution is 6.24. The van der Waals surface area contributed by atoms with Gasteiger partial charge in [-0.25, -0.2) is 0 Å². The molecule has 0 saturated heterocycles. The third-order valence-corrected chi connectivity index (χ3v) is 0.252. The van der Waals surface area contributed by atoms with Gasteiger partial charge in [0.05, 0.1) is 10.5 Å². The molecule has 0 amide bonds. The molecule has 0 N–H and O–H groups in total. The van der Waals surface area contributed by atoms with Crippen LogP contribution >= 0.6 is 11.6 Å². The van der Waals surface area contributed by atoms with Gasteiger partial charge in [0.2, 0.25) is 0 Å². The Kier molecular flexibility index (Phi) is 2.40. The first-order valence-corrected chi connectivity index (χ1v) is 1.53. The quantitative estimate of drug-likeness (QED) is 0.282. The molecule has 0 aromatic carbocycles. The number of rotatable bonds is 1. The number of halogens is 1. The van der Waals surface area contributed by atoms with Crippen LogP contribution in [-0.2, 0) is 0 Å². The zero-order valence-corrected chi connectivity index (χ0v) is 3.47. The van der Waals surface area contributed by atoms with Gasteiger partial charge in [0.25, 0.3) is 0 Å². The van der Waals surface area contributed by atoms with Gasteiger partial charge in [-0.15, -0.1) is 0 Å². The zero-order chi connectivity index (χ0) is 4.99. The summed E-state index contributed by atoms with van der Waals surface area (Å²) in [6.45, 7) is 0. The van der Waals surface area contributed by atoms with Gasteiger partial charge >= 0.3 is 6.20 Å². The Morgan fingerprint density at radius 1 is 2.00 bits per heavy atom. The number of nitrogens with zero attached hydrogens (tertiary/aromatic N) is 1. The molecule has 0 spiro atoms. The van der Waals surface area contributed by atoms with Gasteiger partial charge < -0.3 is 0 Å². The van der Waals surface area contributed by atoms with Crippen molar-refractivity contribution in [1.29, 1.82) is 0 Å². The molecule has 0 unspecified atom stereocenters. The van der Waals surface area contributed by atoms with E-state index in [4.69, 9.17) is 11.6 Å². The second-order valence-corrected chi connectivity index (χ2v) is 0.714. The summed E-state index contributed by atoms with van der Waals surface area (Å²) >= 11 is 4.72. The van der Waals surface area contributed by atoms with E-state index in [9.17, 15) is 10.1 Å². The standard InChI is InChI=1S/C2HClNO2/c3-1-2-4(5)6/h1H. The van der Waals surface area contributed by atoms with Gasteiger partial charge in [-0.2, -0.15) is 0 Å². The summed E-state index contributed by atoms with van der Waals surface area (Å²) in [7, 11) is 0. The largest absolute Gasteiger partial charge is 0.358 e. The van der Waals surface area contributed by atoms with E-state index in [1.54, 1.807) is 6.20 Å². The van der Waals surface area contributed by atoms with E-state index in [1.165, 1.54) is 0 Å². The molecular formula is C2HClNO2. The number of nitro groups is 1. The fourth-order valence-electron chi connectivity index (χ4n) is 0.0398. The summed E-state index contributed by atoms with van der Waals surface area (Å²) in [6, 6.07) is 0. The molecule has 0 heterocycles. The second-order valence-electron chi connectivity index (χ2n) is 0.495. The lowest BCUT2D eigenvalue weighted by molar-refractivity contribution is -0.419. The topological polar surface area (TPSA) is 43.1 Å². The van der Waals surface area contributed by atoms with E-state index in [0.29, 0.717) is 0 Å². The molecule has 0 bridgehead atoms. The van der Waals surface area contributed by atoms with Crippen LogP contribution in [0.2, 0.25) is 0 Å². The first-order chi connectivity index (χ1) is 2.77. The molecule has 0 aliphatic rings. The van der Waals surface area contributed by atoms with Gasteiger partial charge in [0.15, 0.2) is 0 Å². The van der Waals surface area contributed by atoms with E-state index in [-0.39, 0.29) is 0 Å². The van der Waals surface area contributed by atoms with Crippen molar-refractivity contribution in [3.63, 3.8) is 0 Å². The zero-order valence-electron chi connectivity index (χ0n) is 2.72. The van der Waals surface area contributed by atoms with E-state index < -0.39 is 4.92 Å². The fraction of sp³-hybridized carbons (Fsp3) is 0. The van der Waals surface area contributed by atoms with Crippen LogP contribution < -0.4 is 0 Å².